The number of aromatic nitrogens is 1. The van der Waals surface area contributed by atoms with E-state index < -0.39 is 8.00 Å². The summed E-state index contributed by atoms with van der Waals surface area (Å²) in [6.45, 7) is 0. The van der Waals surface area contributed by atoms with E-state index in [1.807, 2.05) is 0 Å². The van der Waals surface area contributed by atoms with Gasteiger partial charge in [-0.05, 0) is 0 Å². The van der Waals surface area contributed by atoms with Crippen LogP contribution in [-0.2, 0) is 0 Å². The van der Waals surface area contributed by atoms with Crippen molar-refractivity contribution in [1.82, 2.24) is 4.34 Å². The van der Waals surface area contributed by atoms with Crippen LogP contribution in [0.4, 0.5) is 16.8 Å². The van der Waals surface area contributed by atoms with E-state index >= 15 is 0 Å². The van der Waals surface area contributed by atoms with Gasteiger partial charge in [0, 0.05) is 0 Å². The number of halogens is 4. The third-order valence-corrected chi connectivity index (χ3v) is 1.90. The first-order valence-corrected chi connectivity index (χ1v) is 4.14. The molecule has 0 saturated heterocycles. The summed E-state index contributed by atoms with van der Waals surface area (Å²) < 4.78 is 46.6. The summed E-state index contributed by atoms with van der Waals surface area (Å²) in [5.74, 6) is 0. The molecule has 0 bridgehead atoms. The zero-order valence-corrected chi connectivity index (χ0v) is 5.61. The normalized spacial score (nSPS) is 16.2. The van der Waals surface area contributed by atoms with E-state index in [1.165, 1.54) is 0 Å². The first kappa shape index (κ1) is 7.54. The van der Waals surface area contributed by atoms with Crippen molar-refractivity contribution in [2.75, 3.05) is 0 Å². The Labute approximate surface area is 54.7 Å². The maximum absolute atomic E-state index is 11.7. The maximum atomic E-state index is 11.7. The van der Waals surface area contributed by atoms with Crippen molar-refractivity contribution in [1.29, 1.82) is 0 Å². The summed E-state index contributed by atoms with van der Waals surface area (Å²) in [5.41, 5.74) is 0. The van der Waals surface area contributed by atoms with Crippen LogP contribution >= 0.6 is 8.00 Å². The molecule has 0 aliphatic carbocycles. The molecule has 0 aliphatic heterocycles. The molecule has 0 fully saturated rings. The summed E-state index contributed by atoms with van der Waals surface area (Å²) in [6, 6.07) is 2.25. The van der Waals surface area contributed by atoms with E-state index in [1.54, 1.807) is 0 Å². The summed E-state index contributed by atoms with van der Waals surface area (Å²) >= 11 is 0. The second-order valence-corrected chi connectivity index (χ2v) is 3.58. The first-order valence-electron chi connectivity index (χ1n) is 2.39. The van der Waals surface area contributed by atoms with Crippen LogP contribution in [0.3, 0.4) is 0 Å². The Morgan fingerprint density at radius 3 is 1.50 bits per heavy atom. The van der Waals surface area contributed by atoms with Gasteiger partial charge in [0.15, 0.2) is 0 Å². The van der Waals surface area contributed by atoms with Gasteiger partial charge in [-0.15, -0.1) is 0 Å². The van der Waals surface area contributed by atoms with Crippen LogP contribution in [0.2, 0.25) is 0 Å². The zero-order valence-electron chi connectivity index (χ0n) is 4.72. The predicted molar refractivity (Wildman–Crippen MR) is 31.2 cm³/mol. The molecule has 0 atom stereocenters. The Morgan fingerprint density at radius 1 is 0.900 bits per heavy atom. The molecule has 1 aromatic rings. The molecule has 1 heterocycles. The molecule has 58 valence electrons. The van der Waals surface area contributed by atoms with Gasteiger partial charge < -0.3 is 0 Å². The zero-order chi connectivity index (χ0) is 7.85. The van der Waals surface area contributed by atoms with Gasteiger partial charge in [0.1, 0.15) is 0 Å². The van der Waals surface area contributed by atoms with Gasteiger partial charge in [0.25, 0.3) is 0 Å². The Hall–Kier alpha value is -0.570. The fourth-order valence-electron chi connectivity index (χ4n) is 0.527. The van der Waals surface area contributed by atoms with E-state index in [2.05, 4.69) is 0 Å². The van der Waals surface area contributed by atoms with Gasteiger partial charge in [0.05, 0.1) is 0 Å². The van der Waals surface area contributed by atoms with Crippen molar-refractivity contribution in [3.8, 4) is 0 Å². The van der Waals surface area contributed by atoms with E-state index in [0.29, 0.717) is 12.4 Å². The average Bonchev–Trinajstić information content (AvgIpc) is 2.04. The Bertz CT molecular complexity index is 214. The molecule has 1 aromatic heterocycles. The summed E-state index contributed by atoms with van der Waals surface area (Å²) in [4.78, 5) is 0. The van der Waals surface area contributed by atoms with Crippen LogP contribution in [0.5, 0.6) is 0 Å². The molecule has 0 saturated carbocycles. The molecule has 0 aliphatic rings. The van der Waals surface area contributed by atoms with Crippen molar-refractivity contribution < 1.29 is 16.8 Å². The summed E-state index contributed by atoms with van der Waals surface area (Å²) in [5, 5.41) is 0. The SMILES string of the molecule is FP(F)(F)(F)n1cccc1. The Kier molecular flexibility index (Phi) is 1.30. The third kappa shape index (κ3) is 1.48. The topological polar surface area (TPSA) is 4.93 Å². The van der Waals surface area contributed by atoms with E-state index in [0.717, 1.165) is 12.1 Å². The third-order valence-electron chi connectivity index (χ3n) is 0.938. The summed E-state index contributed by atoms with van der Waals surface area (Å²) in [6.07, 6.45) is 1.30. The molecule has 0 unspecified atom stereocenters. The van der Waals surface area contributed by atoms with E-state index in [9.17, 15) is 16.8 Å². The molecule has 0 amide bonds. The molecule has 1 nitrogen and oxygen atoms in total. The minimum atomic E-state index is -7.52. The fraction of sp³-hybridized carbons (Fsp3) is 0. The molecule has 0 aromatic carbocycles. The number of nitrogens with zero attached hydrogens (tertiary/aromatic N) is 1. The monoisotopic (exact) mass is 173 g/mol. The second kappa shape index (κ2) is 1.72. The Morgan fingerprint density at radius 2 is 1.30 bits per heavy atom. The standard InChI is InChI=1S/C4H4F4NP/c5-10(6,7,8)9-3-1-2-4-9/h1-4H. The van der Waals surface area contributed by atoms with Crippen molar-refractivity contribution in [2.24, 2.45) is 0 Å². The van der Waals surface area contributed by atoms with Crippen LogP contribution in [0, 0.1) is 0 Å². The average molecular weight is 173 g/mol. The van der Waals surface area contributed by atoms with Crippen molar-refractivity contribution in [2.45, 2.75) is 0 Å². The van der Waals surface area contributed by atoms with Crippen LogP contribution in [-0.4, -0.2) is 4.34 Å². The van der Waals surface area contributed by atoms with Crippen LogP contribution in [0.25, 0.3) is 0 Å². The number of rotatable bonds is 1. The fourth-order valence-corrected chi connectivity index (χ4v) is 1.08. The number of hydrogen-bond acceptors (Lipinski definition) is 0. The molecule has 0 N–H and O–H groups in total. The van der Waals surface area contributed by atoms with Gasteiger partial charge in [-0.2, -0.15) is 0 Å². The van der Waals surface area contributed by atoms with Crippen LogP contribution in [0.1, 0.15) is 0 Å². The number of hydrogen-bond donors (Lipinski definition) is 0. The van der Waals surface area contributed by atoms with Gasteiger partial charge in [-0.3, -0.25) is 0 Å². The van der Waals surface area contributed by atoms with Crippen LogP contribution in [0.15, 0.2) is 24.5 Å². The van der Waals surface area contributed by atoms with Crippen LogP contribution < -0.4 is 0 Å². The van der Waals surface area contributed by atoms with Crippen molar-refractivity contribution in [3.05, 3.63) is 24.5 Å². The Balaban J connectivity index is 3.09. The van der Waals surface area contributed by atoms with Gasteiger partial charge in [-0.1, -0.05) is 0 Å². The molecular formula is C4H4F4NP. The second-order valence-electron chi connectivity index (χ2n) is 1.75. The van der Waals surface area contributed by atoms with E-state index in [4.69, 9.17) is 0 Å². The summed E-state index contributed by atoms with van der Waals surface area (Å²) in [7, 11) is -7.52. The molecule has 0 spiro atoms. The first-order chi connectivity index (χ1) is 4.36. The van der Waals surface area contributed by atoms with Gasteiger partial charge >= 0.3 is 53.6 Å². The van der Waals surface area contributed by atoms with Crippen molar-refractivity contribution >= 4 is 8.00 Å². The van der Waals surface area contributed by atoms with Gasteiger partial charge in [-0.25, -0.2) is 0 Å². The molecular weight excluding hydrogens is 169 g/mol. The molecule has 6 heteroatoms. The predicted octanol–water partition coefficient (Wildman–Crippen LogP) is 3.34. The van der Waals surface area contributed by atoms with Crippen molar-refractivity contribution in [3.63, 3.8) is 0 Å². The molecule has 10 heavy (non-hydrogen) atoms. The van der Waals surface area contributed by atoms with E-state index in [-0.39, 0.29) is 4.34 Å². The quantitative estimate of drug-likeness (QED) is 0.453. The molecule has 1 rings (SSSR count). The minimum absolute atomic E-state index is 0.328. The van der Waals surface area contributed by atoms with Gasteiger partial charge in [0.2, 0.25) is 0 Å². The molecule has 0 radical (unpaired) electrons.